The number of carbonyl (C=O) groups is 2. The van der Waals surface area contributed by atoms with Crippen LogP contribution in [0.1, 0.15) is 27.0 Å². The fraction of sp³-hybridized carbons (Fsp3) is 0.333. The van der Waals surface area contributed by atoms with E-state index < -0.39 is 18.0 Å². The lowest BCUT2D eigenvalue weighted by atomic mass is 9.95. The quantitative estimate of drug-likeness (QED) is 0.724. The van der Waals surface area contributed by atoms with Crippen molar-refractivity contribution in [3.8, 4) is 0 Å². The second-order valence-electron chi connectivity index (χ2n) is 4.03. The molecular formula is C12H15NO4. The lowest BCUT2D eigenvalue weighted by Gasteiger charge is -2.12. The van der Waals surface area contributed by atoms with E-state index in [1.54, 1.807) is 13.0 Å². The summed E-state index contributed by atoms with van der Waals surface area (Å²) in [5.41, 5.74) is 7.96. The summed E-state index contributed by atoms with van der Waals surface area (Å²) in [6.45, 7) is 3.61. The maximum absolute atomic E-state index is 10.9. The predicted molar refractivity (Wildman–Crippen MR) is 62.2 cm³/mol. The molecule has 5 nitrogen and oxygen atoms in total. The number of nitrogens with two attached hydrogens (primary N) is 1. The van der Waals surface area contributed by atoms with E-state index in [1.807, 2.05) is 6.92 Å². The molecule has 0 aliphatic carbocycles. The molecule has 1 unspecified atom stereocenters. The van der Waals surface area contributed by atoms with Gasteiger partial charge in [0.25, 0.3) is 0 Å². The Kier molecular flexibility index (Phi) is 3.85. The molecule has 1 rings (SSSR count). The summed E-state index contributed by atoms with van der Waals surface area (Å²) in [5, 5.41) is 17.7. The van der Waals surface area contributed by atoms with E-state index in [0.29, 0.717) is 5.56 Å². The van der Waals surface area contributed by atoms with E-state index in [-0.39, 0.29) is 12.0 Å². The predicted octanol–water partition coefficient (Wildman–Crippen LogP) is 0.956. The minimum absolute atomic E-state index is 0.128. The molecule has 0 aromatic heterocycles. The lowest BCUT2D eigenvalue weighted by molar-refractivity contribution is -0.138. The van der Waals surface area contributed by atoms with Crippen LogP contribution in [0.5, 0.6) is 0 Å². The standard InChI is InChI=1S/C12H15NO4/c1-6-3-9(11(14)15)4-8(7(6)2)5-10(13)12(16)17/h3-4,10H,5,13H2,1-2H3,(H,14,15)(H,16,17). The third-order valence-electron chi connectivity index (χ3n) is 2.78. The van der Waals surface area contributed by atoms with Gasteiger partial charge in [-0.25, -0.2) is 4.79 Å². The van der Waals surface area contributed by atoms with Crippen LogP contribution in [0.15, 0.2) is 12.1 Å². The molecule has 17 heavy (non-hydrogen) atoms. The highest BCUT2D eigenvalue weighted by molar-refractivity contribution is 5.88. The van der Waals surface area contributed by atoms with Crippen LogP contribution in [-0.4, -0.2) is 28.2 Å². The van der Waals surface area contributed by atoms with Gasteiger partial charge in [-0.3, -0.25) is 4.79 Å². The molecule has 0 radical (unpaired) electrons. The number of aliphatic carboxylic acids is 1. The van der Waals surface area contributed by atoms with Crippen LogP contribution < -0.4 is 5.73 Å². The Morgan fingerprint density at radius 2 is 1.88 bits per heavy atom. The average Bonchev–Trinajstić information content (AvgIpc) is 2.23. The first-order chi connectivity index (χ1) is 7.82. The monoisotopic (exact) mass is 237 g/mol. The third kappa shape index (κ3) is 3.04. The molecule has 0 heterocycles. The maximum atomic E-state index is 10.9. The molecule has 0 aliphatic heterocycles. The second kappa shape index (κ2) is 4.97. The summed E-state index contributed by atoms with van der Waals surface area (Å²) in [6.07, 6.45) is 0.128. The van der Waals surface area contributed by atoms with Gasteiger partial charge in [-0.05, 0) is 49.1 Å². The summed E-state index contributed by atoms with van der Waals surface area (Å²) < 4.78 is 0. The highest BCUT2D eigenvalue weighted by Gasteiger charge is 2.16. The van der Waals surface area contributed by atoms with E-state index in [9.17, 15) is 9.59 Å². The Morgan fingerprint density at radius 1 is 1.29 bits per heavy atom. The van der Waals surface area contributed by atoms with Crippen LogP contribution in [0.2, 0.25) is 0 Å². The van der Waals surface area contributed by atoms with Gasteiger partial charge in [0.2, 0.25) is 0 Å². The minimum atomic E-state index is -1.09. The third-order valence-corrected chi connectivity index (χ3v) is 2.78. The largest absolute Gasteiger partial charge is 0.480 e. The first-order valence-corrected chi connectivity index (χ1v) is 5.14. The zero-order valence-corrected chi connectivity index (χ0v) is 9.73. The molecular weight excluding hydrogens is 222 g/mol. The molecule has 0 spiro atoms. The molecule has 0 amide bonds. The summed E-state index contributed by atoms with van der Waals surface area (Å²) in [7, 11) is 0. The summed E-state index contributed by atoms with van der Waals surface area (Å²) in [5.74, 6) is -2.12. The van der Waals surface area contributed by atoms with Crippen molar-refractivity contribution < 1.29 is 19.8 Å². The fourth-order valence-electron chi connectivity index (χ4n) is 1.59. The first kappa shape index (κ1) is 13.2. The van der Waals surface area contributed by atoms with Gasteiger partial charge in [-0.2, -0.15) is 0 Å². The van der Waals surface area contributed by atoms with Crippen LogP contribution in [0.4, 0.5) is 0 Å². The lowest BCUT2D eigenvalue weighted by Crippen LogP contribution is -2.32. The molecule has 0 saturated heterocycles. The normalized spacial score (nSPS) is 12.2. The van der Waals surface area contributed by atoms with E-state index in [4.69, 9.17) is 15.9 Å². The molecule has 1 aromatic rings. The number of aromatic carboxylic acids is 1. The summed E-state index contributed by atoms with van der Waals surface area (Å²) >= 11 is 0. The molecule has 4 N–H and O–H groups in total. The number of carboxylic acid groups (broad SMARTS) is 2. The smallest absolute Gasteiger partial charge is 0.335 e. The number of aryl methyl sites for hydroxylation is 1. The second-order valence-corrected chi connectivity index (χ2v) is 4.03. The van der Waals surface area contributed by atoms with Crippen LogP contribution in [0.25, 0.3) is 0 Å². The molecule has 0 bridgehead atoms. The molecule has 1 atom stereocenters. The zero-order chi connectivity index (χ0) is 13.2. The van der Waals surface area contributed by atoms with E-state index in [2.05, 4.69) is 0 Å². The van der Waals surface area contributed by atoms with Gasteiger partial charge in [-0.15, -0.1) is 0 Å². The van der Waals surface area contributed by atoms with Gasteiger partial charge in [0, 0.05) is 0 Å². The number of benzene rings is 1. The Hall–Kier alpha value is -1.88. The highest BCUT2D eigenvalue weighted by Crippen LogP contribution is 2.18. The molecule has 0 saturated carbocycles. The SMILES string of the molecule is Cc1cc(C(=O)O)cc(CC(N)C(=O)O)c1C. The zero-order valence-electron chi connectivity index (χ0n) is 9.73. The van der Waals surface area contributed by atoms with Crippen molar-refractivity contribution in [1.82, 2.24) is 0 Å². The number of hydrogen-bond donors (Lipinski definition) is 3. The topological polar surface area (TPSA) is 101 Å². The Morgan fingerprint density at radius 3 is 2.35 bits per heavy atom. The number of hydrogen-bond acceptors (Lipinski definition) is 3. The molecule has 1 aromatic carbocycles. The molecule has 5 heteroatoms. The molecule has 0 aliphatic rings. The van der Waals surface area contributed by atoms with Crippen molar-refractivity contribution in [2.75, 3.05) is 0 Å². The van der Waals surface area contributed by atoms with Crippen molar-refractivity contribution in [3.63, 3.8) is 0 Å². The number of rotatable bonds is 4. The Balaban J connectivity index is 3.14. The summed E-state index contributed by atoms with van der Waals surface area (Å²) in [4.78, 5) is 21.6. The number of carboxylic acids is 2. The minimum Gasteiger partial charge on any atom is -0.480 e. The molecule has 0 fully saturated rings. The van der Waals surface area contributed by atoms with Crippen LogP contribution in [0, 0.1) is 13.8 Å². The average molecular weight is 237 g/mol. The van der Waals surface area contributed by atoms with Crippen LogP contribution in [-0.2, 0) is 11.2 Å². The van der Waals surface area contributed by atoms with Gasteiger partial charge in [-0.1, -0.05) is 0 Å². The van der Waals surface area contributed by atoms with E-state index >= 15 is 0 Å². The van der Waals surface area contributed by atoms with E-state index in [0.717, 1.165) is 11.1 Å². The molecule has 92 valence electrons. The van der Waals surface area contributed by atoms with Crippen molar-refractivity contribution in [1.29, 1.82) is 0 Å². The van der Waals surface area contributed by atoms with Gasteiger partial charge in [0.05, 0.1) is 5.56 Å². The van der Waals surface area contributed by atoms with Crippen molar-refractivity contribution >= 4 is 11.9 Å². The van der Waals surface area contributed by atoms with Crippen LogP contribution >= 0.6 is 0 Å². The Labute approximate surface area is 98.9 Å². The van der Waals surface area contributed by atoms with Crippen LogP contribution in [0.3, 0.4) is 0 Å². The van der Waals surface area contributed by atoms with E-state index in [1.165, 1.54) is 6.07 Å². The van der Waals surface area contributed by atoms with Crippen molar-refractivity contribution in [2.45, 2.75) is 26.3 Å². The Bertz CT molecular complexity index is 468. The van der Waals surface area contributed by atoms with Crippen molar-refractivity contribution in [2.24, 2.45) is 5.73 Å². The maximum Gasteiger partial charge on any atom is 0.335 e. The van der Waals surface area contributed by atoms with Gasteiger partial charge in [0.1, 0.15) is 6.04 Å². The van der Waals surface area contributed by atoms with Gasteiger partial charge >= 0.3 is 11.9 Å². The fourth-order valence-corrected chi connectivity index (χ4v) is 1.59. The summed E-state index contributed by atoms with van der Waals surface area (Å²) in [6, 6.07) is 2.03. The van der Waals surface area contributed by atoms with Crippen molar-refractivity contribution in [3.05, 3.63) is 34.4 Å². The van der Waals surface area contributed by atoms with Gasteiger partial charge < -0.3 is 15.9 Å². The highest BCUT2D eigenvalue weighted by atomic mass is 16.4. The van der Waals surface area contributed by atoms with Gasteiger partial charge in [0.15, 0.2) is 0 Å². The first-order valence-electron chi connectivity index (χ1n) is 5.14.